The second-order valence-corrected chi connectivity index (χ2v) is 7.59. The SMILES string of the molecule is Cn1c(CNc2ccccc2C#N)nc2cc(C(=O)N(CCC(=O)O)c3ccccn3)ccc21. The molecule has 2 aromatic carbocycles. The van der Waals surface area contributed by atoms with Crippen molar-refractivity contribution in [2.24, 2.45) is 7.05 Å². The minimum Gasteiger partial charge on any atom is -0.481 e. The number of rotatable bonds is 8. The van der Waals surface area contributed by atoms with Crippen LogP contribution in [0.3, 0.4) is 0 Å². The number of para-hydroxylation sites is 1. The summed E-state index contributed by atoms with van der Waals surface area (Å²) in [5, 5.41) is 21.6. The van der Waals surface area contributed by atoms with Crippen LogP contribution < -0.4 is 10.2 Å². The minimum absolute atomic E-state index is 0.00108. The first-order chi connectivity index (χ1) is 16.5. The van der Waals surface area contributed by atoms with E-state index in [1.54, 1.807) is 42.6 Å². The predicted octanol–water partition coefficient (Wildman–Crippen LogP) is 3.57. The highest BCUT2D eigenvalue weighted by Crippen LogP contribution is 2.21. The Hall–Kier alpha value is -4.71. The molecule has 34 heavy (non-hydrogen) atoms. The summed E-state index contributed by atoms with van der Waals surface area (Å²) in [6.45, 7) is 0.394. The number of nitriles is 1. The molecule has 0 spiro atoms. The molecule has 0 unspecified atom stereocenters. The van der Waals surface area contributed by atoms with Gasteiger partial charge in [0.05, 0.1) is 35.2 Å². The maximum absolute atomic E-state index is 13.3. The van der Waals surface area contributed by atoms with Gasteiger partial charge >= 0.3 is 5.97 Å². The van der Waals surface area contributed by atoms with Crippen molar-refractivity contribution in [2.45, 2.75) is 13.0 Å². The summed E-state index contributed by atoms with van der Waals surface area (Å²) in [4.78, 5) is 34.7. The fourth-order valence-electron chi connectivity index (χ4n) is 3.65. The van der Waals surface area contributed by atoms with E-state index in [0.29, 0.717) is 29.0 Å². The number of hydrogen-bond donors (Lipinski definition) is 2. The number of fused-ring (bicyclic) bond motifs is 1. The lowest BCUT2D eigenvalue weighted by atomic mass is 10.1. The summed E-state index contributed by atoms with van der Waals surface area (Å²) in [5.41, 5.74) is 3.13. The molecule has 2 N–H and O–H groups in total. The number of amides is 1. The van der Waals surface area contributed by atoms with E-state index in [4.69, 9.17) is 5.11 Å². The molecular formula is C25H22N6O3. The third kappa shape index (κ3) is 4.71. The van der Waals surface area contributed by atoms with Crippen LogP contribution in [0.2, 0.25) is 0 Å². The number of anilines is 2. The molecule has 0 atom stereocenters. The molecule has 0 radical (unpaired) electrons. The molecule has 2 aromatic heterocycles. The van der Waals surface area contributed by atoms with E-state index >= 15 is 0 Å². The molecule has 170 valence electrons. The number of carbonyl (C=O) groups is 2. The molecule has 0 bridgehead atoms. The van der Waals surface area contributed by atoms with Crippen molar-refractivity contribution >= 4 is 34.4 Å². The van der Waals surface area contributed by atoms with Gasteiger partial charge in [0.2, 0.25) is 0 Å². The Labute approximate surface area is 195 Å². The number of carboxylic acid groups (broad SMARTS) is 1. The van der Waals surface area contributed by atoms with Crippen molar-refractivity contribution in [3.8, 4) is 6.07 Å². The highest BCUT2D eigenvalue weighted by molar-refractivity contribution is 6.07. The van der Waals surface area contributed by atoms with Gasteiger partial charge in [0, 0.05) is 25.4 Å². The Kier molecular flexibility index (Phi) is 6.50. The molecule has 0 saturated carbocycles. The molecule has 9 nitrogen and oxygen atoms in total. The summed E-state index contributed by atoms with van der Waals surface area (Å²) in [6, 6.07) is 19.8. The molecule has 9 heteroatoms. The average Bonchev–Trinajstić information content (AvgIpc) is 3.18. The van der Waals surface area contributed by atoms with E-state index in [1.807, 2.05) is 35.9 Å². The summed E-state index contributed by atoms with van der Waals surface area (Å²) in [7, 11) is 1.89. The number of pyridine rings is 1. The van der Waals surface area contributed by atoms with E-state index in [2.05, 4.69) is 21.4 Å². The van der Waals surface area contributed by atoms with Crippen molar-refractivity contribution in [3.05, 3.63) is 83.8 Å². The zero-order chi connectivity index (χ0) is 24.1. The van der Waals surface area contributed by atoms with Gasteiger partial charge in [0.1, 0.15) is 17.7 Å². The monoisotopic (exact) mass is 454 g/mol. The van der Waals surface area contributed by atoms with E-state index in [0.717, 1.165) is 17.0 Å². The predicted molar refractivity (Wildman–Crippen MR) is 127 cm³/mol. The van der Waals surface area contributed by atoms with Crippen LogP contribution in [0.1, 0.15) is 28.2 Å². The Balaban J connectivity index is 1.60. The van der Waals surface area contributed by atoms with Crippen LogP contribution >= 0.6 is 0 Å². The molecule has 0 aliphatic heterocycles. The smallest absolute Gasteiger partial charge is 0.305 e. The van der Waals surface area contributed by atoms with E-state index in [-0.39, 0.29) is 18.9 Å². The topological polar surface area (TPSA) is 124 Å². The van der Waals surface area contributed by atoms with Gasteiger partial charge < -0.3 is 15.0 Å². The van der Waals surface area contributed by atoms with Gasteiger partial charge in [-0.2, -0.15) is 5.26 Å². The number of aromatic nitrogens is 3. The fraction of sp³-hybridized carbons (Fsp3) is 0.160. The molecule has 0 fully saturated rings. The molecular weight excluding hydrogens is 432 g/mol. The van der Waals surface area contributed by atoms with E-state index in [1.165, 1.54) is 4.90 Å². The summed E-state index contributed by atoms with van der Waals surface area (Å²) >= 11 is 0. The quantitative estimate of drug-likeness (QED) is 0.417. The zero-order valence-electron chi connectivity index (χ0n) is 18.5. The van der Waals surface area contributed by atoms with Crippen LogP contribution in [0.15, 0.2) is 66.9 Å². The first-order valence-electron chi connectivity index (χ1n) is 10.6. The molecule has 2 heterocycles. The molecule has 0 aliphatic rings. The maximum Gasteiger partial charge on any atom is 0.305 e. The van der Waals surface area contributed by atoms with Crippen LogP contribution in [-0.2, 0) is 18.4 Å². The van der Waals surface area contributed by atoms with Crippen molar-refractivity contribution in [3.63, 3.8) is 0 Å². The number of hydrogen-bond acceptors (Lipinski definition) is 6. The lowest BCUT2D eigenvalue weighted by molar-refractivity contribution is -0.136. The van der Waals surface area contributed by atoms with Gasteiger partial charge in [-0.3, -0.25) is 14.5 Å². The Morgan fingerprint density at radius 2 is 1.94 bits per heavy atom. The lowest BCUT2D eigenvalue weighted by Gasteiger charge is -2.21. The molecule has 4 rings (SSSR count). The van der Waals surface area contributed by atoms with Gasteiger partial charge in [-0.1, -0.05) is 18.2 Å². The Morgan fingerprint density at radius 1 is 1.15 bits per heavy atom. The molecule has 0 aliphatic carbocycles. The van der Waals surface area contributed by atoms with Crippen molar-refractivity contribution in [1.82, 2.24) is 14.5 Å². The van der Waals surface area contributed by atoms with Crippen molar-refractivity contribution in [2.75, 3.05) is 16.8 Å². The van der Waals surface area contributed by atoms with Gasteiger partial charge in [0.15, 0.2) is 0 Å². The largest absolute Gasteiger partial charge is 0.481 e. The zero-order valence-corrected chi connectivity index (χ0v) is 18.5. The highest BCUT2D eigenvalue weighted by atomic mass is 16.4. The second kappa shape index (κ2) is 9.83. The first kappa shape index (κ1) is 22.5. The van der Waals surface area contributed by atoms with Gasteiger partial charge in [-0.05, 0) is 42.5 Å². The fourth-order valence-corrected chi connectivity index (χ4v) is 3.65. The molecule has 4 aromatic rings. The number of carboxylic acids is 1. The number of imidazole rings is 1. The van der Waals surface area contributed by atoms with Gasteiger partial charge in [-0.15, -0.1) is 0 Å². The second-order valence-electron chi connectivity index (χ2n) is 7.59. The lowest BCUT2D eigenvalue weighted by Crippen LogP contribution is -2.33. The molecule has 1 amide bonds. The van der Waals surface area contributed by atoms with Crippen molar-refractivity contribution in [1.29, 1.82) is 5.26 Å². The Bertz CT molecular complexity index is 1390. The number of benzene rings is 2. The van der Waals surface area contributed by atoms with Crippen LogP contribution in [0.5, 0.6) is 0 Å². The van der Waals surface area contributed by atoms with E-state index in [9.17, 15) is 14.9 Å². The average molecular weight is 454 g/mol. The summed E-state index contributed by atoms with van der Waals surface area (Å²) in [6.07, 6.45) is 1.36. The van der Waals surface area contributed by atoms with E-state index < -0.39 is 5.97 Å². The minimum atomic E-state index is -0.996. The van der Waals surface area contributed by atoms with Crippen LogP contribution in [0.4, 0.5) is 11.5 Å². The first-order valence-corrected chi connectivity index (χ1v) is 10.6. The Morgan fingerprint density at radius 3 is 2.68 bits per heavy atom. The van der Waals surface area contributed by atoms with Gasteiger partial charge in [0.25, 0.3) is 5.91 Å². The standard InChI is InChI=1S/C25H22N6O3/c1-30-21-10-9-17(25(34)31(13-11-24(32)33)22-8-4-5-12-27-22)14-20(21)29-23(30)16-28-19-7-3-2-6-18(19)15-26/h2-10,12,14,28H,11,13,16H2,1H3,(H,32,33). The van der Waals surface area contributed by atoms with Crippen molar-refractivity contribution < 1.29 is 14.7 Å². The highest BCUT2D eigenvalue weighted by Gasteiger charge is 2.21. The van der Waals surface area contributed by atoms with Gasteiger partial charge in [-0.25, -0.2) is 9.97 Å². The number of aryl methyl sites for hydroxylation is 1. The maximum atomic E-state index is 13.3. The summed E-state index contributed by atoms with van der Waals surface area (Å²) in [5.74, 6) is -0.227. The third-order valence-corrected chi connectivity index (χ3v) is 5.43. The van der Waals surface area contributed by atoms with Crippen LogP contribution in [0, 0.1) is 11.3 Å². The van der Waals surface area contributed by atoms with Crippen LogP contribution in [0.25, 0.3) is 11.0 Å². The number of nitrogens with zero attached hydrogens (tertiary/aromatic N) is 5. The number of aliphatic carboxylic acids is 1. The third-order valence-electron chi connectivity index (χ3n) is 5.43. The number of carbonyl (C=O) groups excluding carboxylic acids is 1. The van der Waals surface area contributed by atoms with Crippen LogP contribution in [-0.4, -0.2) is 38.1 Å². The number of nitrogens with one attached hydrogen (secondary N) is 1. The summed E-state index contributed by atoms with van der Waals surface area (Å²) < 4.78 is 1.92. The molecule has 0 saturated heterocycles. The normalized spacial score (nSPS) is 10.6.